The fourth-order valence-electron chi connectivity index (χ4n) is 5.72. The van der Waals surface area contributed by atoms with Crippen LogP contribution < -0.4 is 21.3 Å². The number of carbonyl (C=O) groups excluding carboxylic acids is 3. The van der Waals surface area contributed by atoms with Gasteiger partial charge in [0.15, 0.2) is 0 Å². The number of carbonyl (C=O) groups is 3. The zero-order chi connectivity index (χ0) is 33.3. The standard InChI is InChI=1S/C35H43N7O4S/c1-4-28(39-23(2)43)35(45)41(3)30(19-26-22-37-29-11-7-6-10-27(26)29)33(44)38-21-25-13-14-32(42-15-17-46-18-16-42)40-34(25)47-31-12-8-5-9-24(31)20-36/h5-14,22,28,30,37H,4,15-21,36H2,1-3H3,(H,38,44)(H,39,43)/t28-,30-/m0/s1. The third-order valence-electron chi connectivity index (χ3n) is 8.40. The number of rotatable bonds is 13. The highest BCUT2D eigenvalue weighted by Crippen LogP contribution is 2.33. The molecule has 3 heterocycles. The Kier molecular flexibility index (Phi) is 11.5. The van der Waals surface area contributed by atoms with Gasteiger partial charge in [0.1, 0.15) is 22.9 Å². The lowest BCUT2D eigenvalue weighted by molar-refractivity contribution is -0.141. The van der Waals surface area contributed by atoms with Gasteiger partial charge in [-0.1, -0.05) is 61.2 Å². The van der Waals surface area contributed by atoms with Crippen LogP contribution in [0.4, 0.5) is 5.82 Å². The molecule has 0 radical (unpaired) electrons. The van der Waals surface area contributed by atoms with Gasteiger partial charge in [0.2, 0.25) is 17.7 Å². The maximum absolute atomic E-state index is 14.1. The van der Waals surface area contributed by atoms with Crippen LogP contribution in [-0.4, -0.2) is 78.0 Å². The number of nitrogens with zero attached hydrogens (tertiary/aromatic N) is 3. The summed E-state index contributed by atoms with van der Waals surface area (Å²) in [5, 5.41) is 7.58. The second-order valence-electron chi connectivity index (χ2n) is 11.6. The molecule has 0 aliphatic carbocycles. The predicted molar refractivity (Wildman–Crippen MR) is 184 cm³/mol. The molecule has 5 N–H and O–H groups in total. The van der Waals surface area contributed by atoms with E-state index in [9.17, 15) is 14.4 Å². The SMILES string of the molecule is CC[C@H](NC(C)=O)C(=O)N(C)[C@@H](Cc1c[nH]c2ccccc12)C(=O)NCc1ccc(N2CCOCC2)nc1Sc1ccccc1CN. The molecule has 0 saturated carbocycles. The first-order chi connectivity index (χ1) is 22.8. The van der Waals surface area contributed by atoms with Gasteiger partial charge < -0.3 is 35.9 Å². The summed E-state index contributed by atoms with van der Waals surface area (Å²) in [6.45, 7) is 6.59. The van der Waals surface area contributed by atoms with Crippen LogP contribution in [0, 0.1) is 0 Å². The molecule has 0 bridgehead atoms. The van der Waals surface area contributed by atoms with Gasteiger partial charge in [0.05, 0.1) is 13.2 Å². The molecular weight excluding hydrogens is 614 g/mol. The molecule has 1 fully saturated rings. The van der Waals surface area contributed by atoms with Crippen LogP contribution in [0.5, 0.6) is 0 Å². The third kappa shape index (κ3) is 8.31. The average molecular weight is 658 g/mol. The summed E-state index contributed by atoms with van der Waals surface area (Å²) in [5.74, 6) is -0.0825. The van der Waals surface area contributed by atoms with Gasteiger partial charge in [-0.2, -0.15) is 0 Å². The Morgan fingerprint density at radius 2 is 1.79 bits per heavy atom. The fourth-order valence-corrected chi connectivity index (χ4v) is 6.77. The van der Waals surface area contributed by atoms with E-state index < -0.39 is 12.1 Å². The smallest absolute Gasteiger partial charge is 0.245 e. The number of ether oxygens (including phenoxy) is 1. The number of aromatic amines is 1. The zero-order valence-corrected chi connectivity index (χ0v) is 27.9. The number of nitrogens with two attached hydrogens (primary N) is 1. The van der Waals surface area contributed by atoms with E-state index in [2.05, 4.69) is 20.5 Å². The van der Waals surface area contributed by atoms with Crippen molar-refractivity contribution < 1.29 is 19.1 Å². The van der Waals surface area contributed by atoms with E-state index in [1.54, 1.807) is 7.05 Å². The first-order valence-electron chi connectivity index (χ1n) is 15.9. The summed E-state index contributed by atoms with van der Waals surface area (Å²) in [7, 11) is 1.62. The number of hydrogen-bond donors (Lipinski definition) is 4. The molecule has 2 aromatic heterocycles. The van der Waals surface area contributed by atoms with Crippen LogP contribution in [-0.2, 0) is 38.6 Å². The maximum atomic E-state index is 14.1. The molecule has 0 unspecified atom stereocenters. The molecule has 248 valence electrons. The molecule has 1 aliphatic heterocycles. The molecule has 2 aromatic carbocycles. The van der Waals surface area contributed by atoms with Crippen molar-refractivity contribution in [3.05, 3.63) is 83.6 Å². The number of likely N-dealkylation sites (N-methyl/N-ethyl adjacent to an activating group) is 1. The molecule has 0 spiro atoms. The maximum Gasteiger partial charge on any atom is 0.245 e. The van der Waals surface area contributed by atoms with Gasteiger partial charge in [-0.05, 0) is 35.7 Å². The van der Waals surface area contributed by atoms with E-state index >= 15 is 0 Å². The number of nitrogens with one attached hydrogen (secondary N) is 3. The topological polar surface area (TPSA) is 146 Å². The first-order valence-corrected chi connectivity index (χ1v) is 16.8. The van der Waals surface area contributed by atoms with Gasteiger partial charge in [-0.15, -0.1) is 0 Å². The van der Waals surface area contributed by atoms with E-state index in [0.717, 1.165) is 56.4 Å². The minimum absolute atomic E-state index is 0.206. The van der Waals surface area contributed by atoms with Crippen LogP contribution in [0.25, 0.3) is 10.9 Å². The zero-order valence-electron chi connectivity index (χ0n) is 27.1. The molecule has 1 aliphatic rings. The molecule has 2 atom stereocenters. The molecule has 12 heteroatoms. The van der Waals surface area contributed by atoms with Crippen LogP contribution in [0.1, 0.15) is 37.0 Å². The van der Waals surface area contributed by atoms with Gasteiger partial charge in [-0.3, -0.25) is 14.4 Å². The minimum atomic E-state index is -0.834. The van der Waals surface area contributed by atoms with Crippen molar-refractivity contribution in [2.75, 3.05) is 38.3 Å². The van der Waals surface area contributed by atoms with E-state index in [1.165, 1.54) is 23.6 Å². The number of amides is 3. The van der Waals surface area contributed by atoms with Crippen molar-refractivity contribution in [3.63, 3.8) is 0 Å². The molecule has 47 heavy (non-hydrogen) atoms. The Hall–Kier alpha value is -4.39. The number of benzene rings is 2. The summed E-state index contributed by atoms with van der Waals surface area (Å²) in [5.41, 5.74) is 9.77. The number of anilines is 1. The van der Waals surface area contributed by atoms with Gasteiger partial charge >= 0.3 is 0 Å². The lowest BCUT2D eigenvalue weighted by Gasteiger charge is -2.31. The third-order valence-corrected chi connectivity index (χ3v) is 9.57. The monoisotopic (exact) mass is 657 g/mol. The largest absolute Gasteiger partial charge is 0.378 e. The Balaban J connectivity index is 1.42. The number of hydrogen-bond acceptors (Lipinski definition) is 8. The highest BCUT2D eigenvalue weighted by Gasteiger charge is 2.32. The van der Waals surface area contributed by atoms with E-state index in [-0.39, 0.29) is 30.7 Å². The number of aromatic nitrogens is 2. The lowest BCUT2D eigenvalue weighted by Crippen LogP contribution is -2.54. The minimum Gasteiger partial charge on any atom is -0.378 e. The van der Waals surface area contributed by atoms with Gasteiger partial charge in [-0.25, -0.2) is 4.98 Å². The van der Waals surface area contributed by atoms with Crippen LogP contribution >= 0.6 is 11.8 Å². The number of fused-ring (bicyclic) bond motifs is 1. The Labute approximate surface area is 279 Å². The van der Waals surface area contributed by atoms with E-state index in [4.69, 9.17) is 15.5 Å². The summed E-state index contributed by atoms with van der Waals surface area (Å²) >= 11 is 1.52. The van der Waals surface area contributed by atoms with Crippen molar-refractivity contribution in [2.45, 2.75) is 61.8 Å². The summed E-state index contributed by atoms with van der Waals surface area (Å²) in [6.07, 6.45) is 2.57. The summed E-state index contributed by atoms with van der Waals surface area (Å²) in [4.78, 5) is 52.5. The summed E-state index contributed by atoms with van der Waals surface area (Å²) < 4.78 is 5.54. The second kappa shape index (κ2) is 15.9. The Morgan fingerprint density at radius 3 is 2.53 bits per heavy atom. The van der Waals surface area contributed by atoms with Crippen molar-refractivity contribution in [3.8, 4) is 0 Å². The highest BCUT2D eigenvalue weighted by molar-refractivity contribution is 7.99. The normalized spacial score (nSPS) is 14.4. The van der Waals surface area contributed by atoms with Gasteiger partial charge in [0.25, 0.3) is 0 Å². The summed E-state index contributed by atoms with van der Waals surface area (Å²) in [6, 6.07) is 18.2. The number of para-hydroxylation sites is 1. The number of H-pyrrole nitrogens is 1. The highest BCUT2D eigenvalue weighted by atomic mass is 32.2. The van der Waals surface area contributed by atoms with Crippen LogP contribution in [0.2, 0.25) is 0 Å². The Bertz CT molecular complexity index is 1700. The van der Waals surface area contributed by atoms with Crippen molar-refractivity contribution in [1.82, 2.24) is 25.5 Å². The van der Waals surface area contributed by atoms with Crippen molar-refractivity contribution >= 4 is 46.2 Å². The predicted octanol–water partition coefficient (Wildman–Crippen LogP) is 3.61. The van der Waals surface area contributed by atoms with Crippen LogP contribution in [0.15, 0.2) is 76.8 Å². The van der Waals surface area contributed by atoms with E-state index in [1.807, 2.05) is 73.8 Å². The van der Waals surface area contributed by atoms with Gasteiger partial charge in [0, 0.05) is 74.1 Å². The Morgan fingerprint density at radius 1 is 1.04 bits per heavy atom. The molecule has 3 amide bonds. The second-order valence-corrected chi connectivity index (χ2v) is 12.6. The first kappa shape index (κ1) is 34.0. The molecule has 5 rings (SSSR count). The quantitative estimate of drug-likeness (QED) is 0.171. The molecule has 1 saturated heterocycles. The molecule has 11 nitrogen and oxygen atoms in total. The van der Waals surface area contributed by atoms with Crippen molar-refractivity contribution in [2.24, 2.45) is 5.73 Å². The number of pyridine rings is 1. The van der Waals surface area contributed by atoms with Crippen LogP contribution in [0.3, 0.4) is 0 Å². The fraction of sp³-hybridized carbons (Fsp3) is 0.371. The average Bonchev–Trinajstić information content (AvgIpc) is 3.51. The number of morpholine rings is 1. The van der Waals surface area contributed by atoms with E-state index in [0.29, 0.717) is 26.2 Å². The van der Waals surface area contributed by atoms with Crippen molar-refractivity contribution in [1.29, 1.82) is 0 Å². The molecular formula is C35H43N7O4S. The lowest BCUT2D eigenvalue weighted by atomic mass is 10.0. The molecule has 4 aromatic rings.